The second-order valence-corrected chi connectivity index (χ2v) is 4.62. The fraction of sp³-hybridized carbons (Fsp3) is 0.909. The third kappa shape index (κ3) is 3.18. The largest absolute Gasteiger partial charge is 0.338 e. The summed E-state index contributed by atoms with van der Waals surface area (Å²) in [7, 11) is 2.13. The first-order valence-corrected chi connectivity index (χ1v) is 5.76. The fourth-order valence-electron chi connectivity index (χ4n) is 2.15. The summed E-state index contributed by atoms with van der Waals surface area (Å²) >= 11 is 0. The van der Waals surface area contributed by atoms with Crippen LogP contribution in [0.1, 0.15) is 26.7 Å². The van der Waals surface area contributed by atoms with Gasteiger partial charge in [0.2, 0.25) is 5.91 Å². The minimum absolute atomic E-state index is 0.0605. The lowest BCUT2D eigenvalue weighted by Gasteiger charge is -2.31. The maximum Gasteiger partial charge on any atom is 0.236 e. The predicted molar refractivity (Wildman–Crippen MR) is 61.6 cm³/mol. The second-order valence-electron chi connectivity index (χ2n) is 4.62. The molecule has 88 valence electrons. The van der Waals surface area contributed by atoms with Crippen molar-refractivity contribution in [2.45, 2.75) is 38.8 Å². The van der Waals surface area contributed by atoms with E-state index >= 15 is 0 Å². The van der Waals surface area contributed by atoms with Crippen molar-refractivity contribution in [2.75, 3.05) is 26.7 Å². The van der Waals surface area contributed by atoms with Gasteiger partial charge in [-0.3, -0.25) is 4.79 Å². The summed E-state index contributed by atoms with van der Waals surface area (Å²) in [5.74, 6) is 0.0605. The molecule has 0 bridgehead atoms. The van der Waals surface area contributed by atoms with E-state index in [9.17, 15) is 4.79 Å². The molecule has 2 N–H and O–H groups in total. The van der Waals surface area contributed by atoms with Gasteiger partial charge in [-0.2, -0.15) is 0 Å². The summed E-state index contributed by atoms with van der Waals surface area (Å²) in [4.78, 5) is 15.9. The van der Waals surface area contributed by atoms with Gasteiger partial charge in [-0.25, -0.2) is 0 Å². The summed E-state index contributed by atoms with van der Waals surface area (Å²) in [6.45, 7) is 6.18. The highest BCUT2D eigenvalue weighted by Gasteiger charge is 2.26. The van der Waals surface area contributed by atoms with E-state index in [4.69, 9.17) is 5.73 Å². The molecule has 1 amide bonds. The molecule has 1 fully saturated rings. The summed E-state index contributed by atoms with van der Waals surface area (Å²) < 4.78 is 0. The van der Waals surface area contributed by atoms with E-state index in [2.05, 4.69) is 11.9 Å². The molecule has 0 aromatic rings. The molecule has 0 radical (unpaired) electrons. The van der Waals surface area contributed by atoms with Gasteiger partial charge in [-0.15, -0.1) is 0 Å². The summed E-state index contributed by atoms with van der Waals surface area (Å²) in [6.07, 6.45) is 2.43. The number of likely N-dealkylation sites (N-methyl/N-ethyl adjacent to an activating group) is 1. The highest BCUT2D eigenvalue weighted by Crippen LogP contribution is 2.16. The molecule has 4 heteroatoms. The third-order valence-electron chi connectivity index (χ3n) is 3.20. The monoisotopic (exact) mass is 213 g/mol. The molecule has 0 aromatic carbocycles. The van der Waals surface area contributed by atoms with Crippen molar-refractivity contribution in [3.63, 3.8) is 0 Å². The minimum atomic E-state index is 0.0605. The lowest BCUT2D eigenvalue weighted by molar-refractivity contribution is -0.132. The van der Waals surface area contributed by atoms with Gasteiger partial charge in [0, 0.05) is 18.6 Å². The SMILES string of the molecule is CC(C)N(CC1CCCN1C)C(=O)CN. The smallest absolute Gasteiger partial charge is 0.236 e. The van der Waals surface area contributed by atoms with Gasteiger partial charge in [0.05, 0.1) is 6.54 Å². The average Bonchev–Trinajstić information content (AvgIpc) is 2.59. The zero-order chi connectivity index (χ0) is 11.4. The molecule has 1 rings (SSSR count). The number of hydrogen-bond donors (Lipinski definition) is 1. The van der Waals surface area contributed by atoms with Crippen LogP contribution in [0.15, 0.2) is 0 Å². The standard InChI is InChI=1S/C11H23N3O/c1-9(2)14(11(15)7-12)8-10-5-4-6-13(10)3/h9-10H,4-8,12H2,1-3H3. The van der Waals surface area contributed by atoms with Crippen molar-refractivity contribution in [3.05, 3.63) is 0 Å². The number of nitrogens with zero attached hydrogens (tertiary/aromatic N) is 2. The van der Waals surface area contributed by atoms with Crippen molar-refractivity contribution < 1.29 is 4.79 Å². The number of amides is 1. The maximum absolute atomic E-state index is 11.6. The summed E-state index contributed by atoms with van der Waals surface area (Å²) in [5.41, 5.74) is 5.41. The lowest BCUT2D eigenvalue weighted by atomic mass is 10.2. The van der Waals surface area contributed by atoms with Crippen LogP contribution in [0.25, 0.3) is 0 Å². The predicted octanol–water partition coefficient (Wildman–Crippen LogP) is 0.276. The van der Waals surface area contributed by atoms with E-state index in [1.165, 1.54) is 12.8 Å². The minimum Gasteiger partial charge on any atom is -0.338 e. The van der Waals surface area contributed by atoms with Gasteiger partial charge < -0.3 is 15.5 Å². The van der Waals surface area contributed by atoms with Crippen LogP contribution < -0.4 is 5.73 Å². The number of nitrogens with two attached hydrogens (primary N) is 1. The number of carbonyl (C=O) groups is 1. The van der Waals surface area contributed by atoms with E-state index in [0.717, 1.165) is 13.1 Å². The number of likely N-dealkylation sites (tertiary alicyclic amines) is 1. The first-order valence-electron chi connectivity index (χ1n) is 5.76. The van der Waals surface area contributed by atoms with Crippen LogP contribution in [0.4, 0.5) is 0 Å². The Kier molecular flexibility index (Phi) is 4.54. The Hall–Kier alpha value is -0.610. The molecule has 4 nitrogen and oxygen atoms in total. The topological polar surface area (TPSA) is 49.6 Å². The second kappa shape index (κ2) is 5.47. The van der Waals surface area contributed by atoms with Crippen molar-refractivity contribution >= 4 is 5.91 Å². The van der Waals surface area contributed by atoms with E-state index in [0.29, 0.717) is 6.04 Å². The van der Waals surface area contributed by atoms with Crippen LogP contribution >= 0.6 is 0 Å². The molecule has 0 aromatic heterocycles. The number of hydrogen-bond acceptors (Lipinski definition) is 3. The van der Waals surface area contributed by atoms with Crippen molar-refractivity contribution in [1.82, 2.24) is 9.80 Å². The Morgan fingerprint density at radius 2 is 2.27 bits per heavy atom. The van der Waals surface area contributed by atoms with Gasteiger partial charge in [0.15, 0.2) is 0 Å². The Morgan fingerprint density at radius 1 is 1.60 bits per heavy atom. The Labute approximate surface area is 92.4 Å². The third-order valence-corrected chi connectivity index (χ3v) is 3.20. The van der Waals surface area contributed by atoms with Crippen LogP contribution in [-0.4, -0.2) is 54.5 Å². The van der Waals surface area contributed by atoms with Crippen LogP contribution in [0.2, 0.25) is 0 Å². The van der Waals surface area contributed by atoms with E-state index in [1.807, 2.05) is 18.7 Å². The average molecular weight is 213 g/mol. The molecule has 1 saturated heterocycles. The molecule has 1 atom stereocenters. The molecule has 0 saturated carbocycles. The highest BCUT2D eigenvalue weighted by atomic mass is 16.2. The van der Waals surface area contributed by atoms with Crippen molar-refractivity contribution in [2.24, 2.45) is 5.73 Å². The molecular formula is C11H23N3O. The number of rotatable bonds is 4. The van der Waals surface area contributed by atoms with Crippen LogP contribution in [0.3, 0.4) is 0 Å². The first kappa shape index (κ1) is 12.5. The zero-order valence-electron chi connectivity index (χ0n) is 10.1. The first-order chi connectivity index (χ1) is 7.06. The van der Waals surface area contributed by atoms with E-state index in [-0.39, 0.29) is 18.5 Å². The molecule has 1 heterocycles. The van der Waals surface area contributed by atoms with Gasteiger partial charge in [0.1, 0.15) is 0 Å². The van der Waals surface area contributed by atoms with Gasteiger partial charge in [-0.05, 0) is 40.3 Å². The molecule has 15 heavy (non-hydrogen) atoms. The van der Waals surface area contributed by atoms with Gasteiger partial charge in [0.25, 0.3) is 0 Å². The Balaban J connectivity index is 2.54. The maximum atomic E-state index is 11.6. The zero-order valence-corrected chi connectivity index (χ0v) is 10.1. The molecule has 1 unspecified atom stereocenters. The van der Waals surface area contributed by atoms with E-state index in [1.54, 1.807) is 0 Å². The van der Waals surface area contributed by atoms with E-state index < -0.39 is 0 Å². The number of carbonyl (C=O) groups excluding carboxylic acids is 1. The van der Waals surface area contributed by atoms with Gasteiger partial charge >= 0.3 is 0 Å². The molecule has 1 aliphatic heterocycles. The molecular weight excluding hydrogens is 190 g/mol. The van der Waals surface area contributed by atoms with Crippen molar-refractivity contribution in [3.8, 4) is 0 Å². The Morgan fingerprint density at radius 3 is 2.67 bits per heavy atom. The quantitative estimate of drug-likeness (QED) is 0.729. The molecule has 1 aliphatic rings. The molecule has 0 aliphatic carbocycles. The van der Waals surface area contributed by atoms with Gasteiger partial charge in [-0.1, -0.05) is 0 Å². The summed E-state index contributed by atoms with van der Waals surface area (Å²) in [6, 6.07) is 0.762. The summed E-state index contributed by atoms with van der Waals surface area (Å²) in [5, 5.41) is 0. The Bertz CT molecular complexity index is 218. The van der Waals surface area contributed by atoms with Crippen LogP contribution in [-0.2, 0) is 4.79 Å². The van der Waals surface area contributed by atoms with Crippen LogP contribution in [0, 0.1) is 0 Å². The molecule has 0 spiro atoms. The highest BCUT2D eigenvalue weighted by molar-refractivity contribution is 5.78. The fourth-order valence-corrected chi connectivity index (χ4v) is 2.15. The van der Waals surface area contributed by atoms with Crippen LogP contribution in [0.5, 0.6) is 0 Å². The normalized spacial score (nSPS) is 22.3. The van der Waals surface area contributed by atoms with Crippen molar-refractivity contribution in [1.29, 1.82) is 0 Å². The lowest BCUT2D eigenvalue weighted by Crippen LogP contribution is -2.47.